The Morgan fingerprint density at radius 1 is 0.919 bits per heavy atom. The van der Waals surface area contributed by atoms with Crippen molar-refractivity contribution >= 4 is 15.2 Å². The molecule has 0 aromatic carbocycles. The second-order valence-corrected chi connectivity index (χ2v) is 15.6. The van der Waals surface area contributed by atoms with Gasteiger partial charge >= 0.3 is 5.97 Å². The van der Waals surface area contributed by atoms with Crippen LogP contribution in [-0.2, 0) is 4.79 Å². The number of fused-ring (bicyclic) bond motifs is 7. The topological polar surface area (TPSA) is 77.8 Å². The highest BCUT2D eigenvalue weighted by atomic mass is 31.0. The lowest BCUT2D eigenvalue weighted by Gasteiger charge is -2.72. The second kappa shape index (κ2) is 9.31. The summed E-state index contributed by atoms with van der Waals surface area (Å²) in [4.78, 5) is 13.0. The van der Waals surface area contributed by atoms with Crippen molar-refractivity contribution in [2.24, 2.45) is 56.7 Å². The van der Waals surface area contributed by atoms with Crippen molar-refractivity contribution in [1.82, 2.24) is 0 Å². The van der Waals surface area contributed by atoms with E-state index in [2.05, 4.69) is 43.5 Å². The molecule has 4 nitrogen and oxygen atoms in total. The van der Waals surface area contributed by atoms with Crippen LogP contribution >= 0.6 is 9.24 Å². The molecule has 5 aliphatic rings. The molecule has 0 saturated heterocycles. The lowest BCUT2D eigenvalue weighted by molar-refractivity contribution is -0.254. The van der Waals surface area contributed by atoms with Gasteiger partial charge < -0.3 is 15.3 Å². The fourth-order valence-electron chi connectivity index (χ4n) is 12.0. The monoisotopic (exact) mass is 532 g/mol. The van der Waals surface area contributed by atoms with E-state index in [0.29, 0.717) is 23.7 Å². The largest absolute Gasteiger partial charge is 0.481 e. The molecule has 5 aliphatic carbocycles. The quantitative estimate of drug-likeness (QED) is 0.263. The summed E-state index contributed by atoms with van der Waals surface area (Å²) in [6.45, 7) is 14.3. The Labute approximate surface area is 227 Å². The molecule has 210 valence electrons. The van der Waals surface area contributed by atoms with E-state index in [1.54, 1.807) is 0 Å². The summed E-state index contributed by atoms with van der Waals surface area (Å²) in [6, 6.07) is 0. The van der Waals surface area contributed by atoms with Crippen molar-refractivity contribution in [2.75, 3.05) is 12.8 Å². The Morgan fingerprint density at radius 2 is 1.65 bits per heavy atom. The van der Waals surface area contributed by atoms with Crippen LogP contribution in [0.2, 0.25) is 0 Å². The van der Waals surface area contributed by atoms with E-state index in [1.807, 2.05) is 0 Å². The third-order valence-electron chi connectivity index (χ3n) is 14.2. The van der Waals surface area contributed by atoms with E-state index in [1.165, 1.54) is 5.57 Å². The number of carboxylic acids is 1. The van der Waals surface area contributed by atoms with Crippen LogP contribution in [0.1, 0.15) is 105 Å². The fourth-order valence-corrected chi connectivity index (χ4v) is 12.2. The molecule has 0 aromatic heterocycles. The molecule has 0 radical (unpaired) electrons. The molecular formula is C32H53O4P. The number of rotatable bonds is 6. The van der Waals surface area contributed by atoms with Gasteiger partial charge in [-0.2, -0.15) is 0 Å². The average Bonchev–Trinajstić information content (AvgIpc) is 3.27. The van der Waals surface area contributed by atoms with Gasteiger partial charge in [-0.15, -0.1) is 9.24 Å². The summed E-state index contributed by atoms with van der Waals surface area (Å²) < 4.78 is 0. The molecule has 3 N–H and O–H groups in total. The fraction of sp³-hybridized carbons (Fsp3) is 0.906. The summed E-state index contributed by atoms with van der Waals surface area (Å²) in [5, 5.41) is 32.1. The summed E-state index contributed by atoms with van der Waals surface area (Å²) in [7, 11) is 2.83. The van der Waals surface area contributed by atoms with Crippen LogP contribution in [0, 0.1) is 56.7 Å². The third-order valence-corrected chi connectivity index (χ3v) is 14.6. The number of hydrogen-bond acceptors (Lipinski definition) is 3. The molecule has 0 bridgehead atoms. The number of aliphatic carboxylic acids is 1. The van der Waals surface area contributed by atoms with E-state index in [9.17, 15) is 20.1 Å². The highest BCUT2D eigenvalue weighted by molar-refractivity contribution is 7.16. The molecule has 5 heteroatoms. The first-order valence-electron chi connectivity index (χ1n) is 15.3. The Kier molecular flexibility index (Phi) is 7.07. The third kappa shape index (κ3) is 3.59. The number of aliphatic hydroxyl groups excluding tert-OH is 2. The molecule has 0 heterocycles. The van der Waals surface area contributed by atoms with Crippen LogP contribution in [0.4, 0.5) is 0 Å². The standard InChI is InChI=1S/C32H53O4P/c1-20(7-6-18-37)21-10-15-32(27(35)36)17-16-30(4)22(26(21)32)8-9-24-28(2)13-12-25(34)29(3,19-33)23(28)11-14-31(24,30)5/h21-26,33-34H,1,6-19,37H2,2-5H3,(H,35,36)/t21-,22?,23?,24?,25-,26?,28-,29-,30+,31+,32-/m0/s1. The zero-order valence-electron chi connectivity index (χ0n) is 23.9. The van der Waals surface area contributed by atoms with Crippen molar-refractivity contribution in [2.45, 2.75) is 111 Å². The predicted octanol–water partition coefficient (Wildman–Crippen LogP) is 6.70. The molecule has 5 fully saturated rings. The molecule has 5 rings (SSSR count). The van der Waals surface area contributed by atoms with E-state index >= 15 is 0 Å². The lowest BCUT2D eigenvalue weighted by atomic mass is 9.32. The number of carbonyl (C=O) groups is 1. The van der Waals surface area contributed by atoms with Gasteiger partial charge in [0, 0.05) is 5.41 Å². The highest BCUT2D eigenvalue weighted by Gasteiger charge is 2.72. The van der Waals surface area contributed by atoms with Crippen molar-refractivity contribution in [3.8, 4) is 0 Å². The Balaban J connectivity index is 1.53. The van der Waals surface area contributed by atoms with Gasteiger partial charge in [-0.05, 0) is 129 Å². The SMILES string of the molecule is C=C(CCCP)[C@@H]1CC[C@]2(C(=O)O)CC[C@]3(C)C(CCC4[C@@]5(C)CC[C@H](O)[C@@](C)(CO)C5CC[C@]43C)C12. The number of hydrogen-bond donors (Lipinski definition) is 3. The molecule has 0 aliphatic heterocycles. The maximum Gasteiger partial charge on any atom is 0.309 e. The molecule has 5 saturated carbocycles. The normalized spacial score (nSPS) is 52.9. The summed E-state index contributed by atoms with van der Waals surface area (Å²) in [5.41, 5.74) is 0.678. The maximum absolute atomic E-state index is 13.0. The van der Waals surface area contributed by atoms with Gasteiger partial charge in [0.1, 0.15) is 0 Å². The van der Waals surface area contributed by atoms with Crippen LogP contribution in [0.15, 0.2) is 12.2 Å². The van der Waals surface area contributed by atoms with E-state index in [4.69, 9.17) is 0 Å². The first-order chi connectivity index (χ1) is 17.4. The Hall–Kier alpha value is -0.440. The first-order valence-corrected chi connectivity index (χ1v) is 16.1. The molecule has 5 unspecified atom stereocenters. The molecule has 37 heavy (non-hydrogen) atoms. The summed E-state index contributed by atoms with van der Waals surface area (Å²) in [6.07, 6.45) is 12.7. The van der Waals surface area contributed by atoms with Gasteiger partial charge in [-0.1, -0.05) is 39.8 Å². The molecule has 0 aromatic rings. The van der Waals surface area contributed by atoms with E-state index < -0.39 is 22.9 Å². The van der Waals surface area contributed by atoms with Gasteiger partial charge in [0.25, 0.3) is 0 Å². The van der Waals surface area contributed by atoms with E-state index in [-0.39, 0.29) is 28.8 Å². The van der Waals surface area contributed by atoms with Gasteiger partial charge in [-0.3, -0.25) is 4.79 Å². The Morgan fingerprint density at radius 3 is 2.30 bits per heavy atom. The molecule has 12 atom stereocenters. The zero-order valence-corrected chi connectivity index (χ0v) is 25.1. The van der Waals surface area contributed by atoms with Crippen LogP contribution < -0.4 is 0 Å². The number of aliphatic hydroxyl groups is 2. The van der Waals surface area contributed by atoms with Gasteiger partial charge in [0.05, 0.1) is 18.1 Å². The predicted molar refractivity (Wildman–Crippen MR) is 152 cm³/mol. The zero-order chi connectivity index (χ0) is 27.0. The van der Waals surface area contributed by atoms with Crippen LogP contribution in [0.5, 0.6) is 0 Å². The van der Waals surface area contributed by atoms with E-state index in [0.717, 1.165) is 83.2 Å². The summed E-state index contributed by atoms with van der Waals surface area (Å²) in [5.74, 6) is 1.31. The van der Waals surface area contributed by atoms with Crippen LogP contribution in [0.25, 0.3) is 0 Å². The van der Waals surface area contributed by atoms with Crippen LogP contribution in [0.3, 0.4) is 0 Å². The highest BCUT2D eigenvalue weighted by Crippen LogP contribution is 2.77. The number of allylic oxidation sites excluding steroid dienone is 1. The maximum atomic E-state index is 13.0. The van der Waals surface area contributed by atoms with Crippen molar-refractivity contribution in [1.29, 1.82) is 0 Å². The summed E-state index contributed by atoms with van der Waals surface area (Å²) >= 11 is 0. The van der Waals surface area contributed by atoms with Crippen molar-refractivity contribution < 1.29 is 20.1 Å². The molecule has 0 amide bonds. The number of carboxylic acid groups (broad SMARTS) is 1. The second-order valence-electron chi connectivity index (χ2n) is 15.1. The van der Waals surface area contributed by atoms with Crippen molar-refractivity contribution in [3.05, 3.63) is 12.2 Å². The smallest absolute Gasteiger partial charge is 0.309 e. The van der Waals surface area contributed by atoms with Crippen molar-refractivity contribution in [3.63, 3.8) is 0 Å². The average molecular weight is 533 g/mol. The van der Waals surface area contributed by atoms with Gasteiger partial charge in [-0.25, -0.2) is 0 Å². The minimum absolute atomic E-state index is 0.0566. The molecular weight excluding hydrogens is 479 g/mol. The Bertz CT molecular complexity index is 936. The minimum Gasteiger partial charge on any atom is -0.481 e. The van der Waals surface area contributed by atoms with Gasteiger partial charge in [0.2, 0.25) is 0 Å². The minimum atomic E-state index is -0.576. The van der Waals surface area contributed by atoms with Crippen LogP contribution in [-0.4, -0.2) is 40.2 Å². The molecule has 0 spiro atoms. The first kappa shape index (κ1) is 28.1. The van der Waals surface area contributed by atoms with Gasteiger partial charge in [0.15, 0.2) is 0 Å². The lowest BCUT2D eigenvalue weighted by Crippen LogP contribution is -2.67.